The molecule has 1 aliphatic heterocycles. The minimum Gasteiger partial charge on any atom is -0.497 e. The summed E-state index contributed by atoms with van der Waals surface area (Å²) in [4.78, 5) is 19.0. The van der Waals surface area contributed by atoms with Crippen LogP contribution in [0.3, 0.4) is 0 Å². The van der Waals surface area contributed by atoms with Gasteiger partial charge >= 0.3 is 0 Å². The molecular formula is C27H41N3O3. The zero-order valence-electron chi connectivity index (χ0n) is 20.9. The van der Waals surface area contributed by atoms with Crippen molar-refractivity contribution in [2.45, 2.75) is 58.8 Å². The van der Waals surface area contributed by atoms with E-state index in [1.807, 2.05) is 25.4 Å². The lowest BCUT2D eigenvalue weighted by Crippen LogP contribution is -2.34. The van der Waals surface area contributed by atoms with Gasteiger partial charge in [0.1, 0.15) is 18.1 Å². The second kappa shape index (κ2) is 12.8. The predicted molar refractivity (Wildman–Crippen MR) is 136 cm³/mol. The molecule has 2 aromatic rings. The highest BCUT2D eigenvalue weighted by atomic mass is 16.5. The van der Waals surface area contributed by atoms with Gasteiger partial charge in [-0.2, -0.15) is 0 Å². The Morgan fingerprint density at radius 3 is 2.82 bits per heavy atom. The minimum absolute atomic E-state index is 0.236. The van der Waals surface area contributed by atoms with Gasteiger partial charge < -0.3 is 19.7 Å². The number of pyridine rings is 1. The Hall–Kier alpha value is -2.34. The van der Waals surface area contributed by atoms with Crippen LogP contribution in [0.4, 0.5) is 5.69 Å². The Kier molecular flexibility index (Phi) is 9.79. The van der Waals surface area contributed by atoms with Crippen LogP contribution in [0.5, 0.6) is 11.5 Å². The van der Waals surface area contributed by atoms with E-state index in [0.717, 1.165) is 86.2 Å². The van der Waals surface area contributed by atoms with E-state index >= 15 is 0 Å². The number of carbonyl (C=O) groups excluding carboxylic acids is 1. The molecule has 1 aromatic carbocycles. The summed E-state index contributed by atoms with van der Waals surface area (Å²) in [7, 11) is 3.72. The zero-order valence-corrected chi connectivity index (χ0v) is 20.9. The number of hydrogen-bond donors (Lipinski definition) is 1. The average molecular weight is 456 g/mol. The SMILES string of the molecule is CCCC(CCCC(CCNC)CCN1CCOc2cnc3ccc(OC)cc3c21)C(C)=O. The lowest BCUT2D eigenvalue weighted by atomic mass is 9.89. The molecule has 0 fully saturated rings. The van der Waals surface area contributed by atoms with E-state index in [2.05, 4.69) is 28.2 Å². The molecular weight excluding hydrogens is 414 g/mol. The summed E-state index contributed by atoms with van der Waals surface area (Å²) in [5.41, 5.74) is 2.10. The van der Waals surface area contributed by atoms with Gasteiger partial charge in [-0.1, -0.05) is 26.2 Å². The second-order valence-electron chi connectivity index (χ2n) is 9.26. The van der Waals surface area contributed by atoms with Crippen molar-refractivity contribution in [2.24, 2.45) is 11.8 Å². The summed E-state index contributed by atoms with van der Waals surface area (Å²) in [6.45, 7) is 7.50. The van der Waals surface area contributed by atoms with Crippen LogP contribution in [0.1, 0.15) is 58.8 Å². The van der Waals surface area contributed by atoms with Crippen LogP contribution < -0.4 is 19.7 Å². The van der Waals surface area contributed by atoms with Crippen molar-refractivity contribution >= 4 is 22.4 Å². The number of carbonyl (C=O) groups is 1. The normalized spacial score (nSPS) is 15.1. The average Bonchev–Trinajstić information content (AvgIpc) is 2.83. The van der Waals surface area contributed by atoms with Crippen molar-refractivity contribution in [3.8, 4) is 11.5 Å². The number of ketones is 1. The third kappa shape index (κ3) is 6.83. The van der Waals surface area contributed by atoms with Crippen molar-refractivity contribution in [1.82, 2.24) is 10.3 Å². The van der Waals surface area contributed by atoms with E-state index in [-0.39, 0.29) is 5.92 Å². The molecule has 0 saturated heterocycles. The van der Waals surface area contributed by atoms with E-state index < -0.39 is 0 Å². The van der Waals surface area contributed by atoms with Crippen LogP contribution in [0.2, 0.25) is 0 Å². The molecule has 1 aromatic heterocycles. The van der Waals surface area contributed by atoms with E-state index in [1.165, 1.54) is 6.42 Å². The first kappa shape index (κ1) is 25.3. The lowest BCUT2D eigenvalue weighted by molar-refractivity contribution is -0.121. The molecule has 0 radical (unpaired) electrons. The van der Waals surface area contributed by atoms with Gasteiger partial charge in [-0.05, 0) is 70.3 Å². The molecule has 1 N–H and O–H groups in total. The van der Waals surface area contributed by atoms with Gasteiger partial charge in [0.05, 0.1) is 31.1 Å². The van der Waals surface area contributed by atoms with E-state index in [4.69, 9.17) is 9.47 Å². The molecule has 0 amide bonds. The molecule has 3 rings (SSSR count). The lowest BCUT2D eigenvalue weighted by Gasteiger charge is -2.33. The van der Waals surface area contributed by atoms with Crippen LogP contribution >= 0.6 is 0 Å². The van der Waals surface area contributed by atoms with Gasteiger partial charge in [0, 0.05) is 17.8 Å². The van der Waals surface area contributed by atoms with Crippen LogP contribution in [0.25, 0.3) is 10.9 Å². The second-order valence-corrected chi connectivity index (χ2v) is 9.26. The number of benzene rings is 1. The fourth-order valence-electron chi connectivity index (χ4n) is 4.97. The molecule has 2 heterocycles. The topological polar surface area (TPSA) is 63.7 Å². The van der Waals surface area contributed by atoms with Crippen LogP contribution in [-0.2, 0) is 4.79 Å². The monoisotopic (exact) mass is 455 g/mol. The standard InChI is InChI=1S/C27H41N3O3/c1-5-7-22(20(2)31)9-6-8-21(12-14-28-3)13-15-30-16-17-33-26-19-29-25-11-10-23(32-4)18-24(25)27(26)30/h10-11,18-19,21-22,28H,5-9,12-17H2,1-4H3. The van der Waals surface area contributed by atoms with Crippen molar-refractivity contribution < 1.29 is 14.3 Å². The van der Waals surface area contributed by atoms with Crippen molar-refractivity contribution in [3.63, 3.8) is 0 Å². The molecule has 0 spiro atoms. The van der Waals surface area contributed by atoms with Gasteiger partial charge in [-0.3, -0.25) is 9.78 Å². The number of nitrogens with one attached hydrogen (secondary N) is 1. The number of hydrogen-bond acceptors (Lipinski definition) is 6. The quantitative estimate of drug-likeness (QED) is 0.421. The molecule has 0 saturated carbocycles. The molecule has 0 aliphatic carbocycles. The van der Waals surface area contributed by atoms with E-state index in [1.54, 1.807) is 14.0 Å². The molecule has 1 aliphatic rings. The molecule has 182 valence electrons. The third-order valence-electron chi connectivity index (χ3n) is 6.93. The maximum Gasteiger partial charge on any atom is 0.161 e. The molecule has 2 unspecified atom stereocenters. The van der Waals surface area contributed by atoms with Gasteiger partial charge in [-0.25, -0.2) is 0 Å². The number of nitrogens with zero attached hydrogens (tertiary/aromatic N) is 2. The summed E-state index contributed by atoms with van der Waals surface area (Å²) < 4.78 is 11.4. The Labute approximate surface area is 199 Å². The first-order chi connectivity index (χ1) is 16.1. The highest BCUT2D eigenvalue weighted by Gasteiger charge is 2.23. The Morgan fingerprint density at radius 2 is 2.09 bits per heavy atom. The van der Waals surface area contributed by atoms with Gasteiger partial charge in [0.25, 0.3) is 0 Å². The smallest absolute Gasteiger partial charge is 0.161 e. The summed E-state index contributed by atoms with van der Waals surface area (Å²) in [5, 5.41) is 4.40. The Balaban J connectivity index is 1.68. The maximum atomic E-state index is 11.9. The number of fused-ring (bicyclic) bond motifs is 3. The van der Waals surface area contributed by atoms with Crippen molar-refractivity contribution in [2.75, 3.05) is 45.3 Å². The number of methoxy groups -OCH3 is 1. The first-order valence-electron chi connectivity index (χ1n) is 12.6. The van der Waals surface area contributed by atoms with Crippen molar-refractivity contribution in [1.29, 1.82) is 0 Å². The van der Waals surface area contributed by atoms with Crippen molar-refractivity contribution in [3.05, 3.63) is 24.4 Å². The molecule has 0 bridgehead atoms. The van der Waals surface area contributed by atoms with Crippen LogP contribution in [0.15, 0.2) is 24.4 Å². The highest BCUT2D eigenvalue weighted by Crippen LogP contribution is 2.39. The number of Topliss-reactive ketones (excluding diaryl/α,β-unsaturated/α-hetero) is 1. The van der Waals surface area contributed by atoms with Crippen LogP contribution in [0, 0.1) is 11.8 Å². The molecule has 6 heteroatoms. The largest absolute Gasteiger partial charge is 0.497 e. The van der Waals surface area contributed by atoms with E-state index in [9.17, 15) is 4.79 Å². The zero-order chi connectivity index (χ0) is 23.6. The van der Waals surface area contributed by atoms with Crippen LogP contribution in [-0.4, -0.2) is 51.2 Å². The van der Waals surface area contributed by atoms with Gasteiger partial charge in [0.15, 0.2) is 5.75 Å². The number of rotatable bonds is 14. The maximum absolute atomic E-state index is 11.9. The van der Waals surface area contributed by atoms with Gasteiger partial charge in [-0.15, -0.1) is 0 Å². The molecule has 6 nitrogen and oxygen atoms in total. The summed E-state index contributed by atoms with van der Waals surface area (Å²) in [6.07, 6.45) is 9.58. The fourth-order valence-corrected chi connectivity index (χ4v) is 4.97. The predicted octanol–water partition coefficient (Wildman–Crippen LogP) is 5.23. The number of ether oxygens (including phenoxy) is 2. The number of aromatic nitrogens is 1. The third-order valence-corrected chi connectivity index (χ3v) is 6.93. The first-order valence-corrected chi connectivity index (χ1v) is 12.6. The van der Waals surface area contributed by atoms with Gasteiger partial charge in [0.2, 0.25) is 0 Å². The molecule has 33 heavy (non-hydrogen) atoms. The summed E-state index contributed by atoms with van der Waals surface area (Å²) in [6, 6.07) is 6.03. The Bertz CT molecular complexity index is 896. The summed E-state index contributed by atoms with van der Waals surface area (Å²) >= 11 is 0. The number of anilines is 1. The minimum atomic E-state index is 0.236. The summed E-state index contributed by atoms with van der Waals surface area (Å²) in [5.74, 6) is 2.92. The fraction of sp³-hybridized carbons (Fsp3) is 0.630. The highest BCUT2D eigenvalue weighted by molar-refractivity contribution is 5.96. The van der Waals surface area contributed by atoms with E-state index in [0.29, 0.717) is 18.3 Å². The Morgan fingerprint density at radius 1 is 1.24 bits per heavy atom. The molecule has 2 atom stereocenters.